The van der Waals surface area contributed by atoms with Gasteiger partial charge in [0.2, 0.25) is 0 Å². The van der Waals surface area contributed by atoms with Crippen molar-refractivity contribution in [1.29, 1.82) is 0 Å². The zero-order valence-electron chi connectivity index (χ0n) is 23.9. The van der Waals surface area contributed by atoms with Gasteiger partial charge in [-0.1, -0.05) is 35.9 Å². The van der Waals surface area contributed by atoms with Crippen LogP contribution in [-0.2, 0) is 22.8 Å². The molecule has 0 radical (unpaired) electrons. The Kier molecular flexibility index (Phi) is 10.8. The van der Waals surface area contributed by atoms with Crippen molar-refractivity contribution in [3.05, 3.63) is 82.4 Å². The smallest absolute Gasteiger partial charge is 0.336 e. The zero-order valence-corrected chi connectivity index (χ0v) is 24.7. The molecule has 4 N–H and O–H groups in total. The highest BCUT2D eigenvalue weighted by Gasteiger charge is 2.30. The number of carbonyl (C=O) groups is 4. The van der Waals surface area contributed by atoms with Crippen LogP contribution in [-0.4, -0.2) is 73.7 Å². The molecule has 1 aliphatic rings. The molecule has 232 valence electrons. The quantitative estimate of drug-likeness (QED) is 0.155. The van der Waals surface area contributed by atoms with Crippen molar-refractivity contribution >= 4 is 35.2 Å². The van der Waals surface area contributed by atoms with Crippen LogP contribution in [0.1, 0.15) is 21.5 Å². The lowest BCUT2D eigenvalue weighted by atomic mass is 10.1. The number of hydrazine groups is 1. The van der Waals surface area contributed by atoms with E-state index >= 15 is 0 Å². The number of rotatable bonds is 14. The first kappa shape index (κ1) is 31.9. The molecule has 3 aromatic rings. The first-order chi connectivity index (χ1) is 21.2. The lowest BCUT2D eigenvalue weighted by molar-refractivity contribution is -0.130. The molecule has 4 rings (SSSR count). The summed E-state index contributed by atoms with van der Waals surface area (Å²) in [6.45, 7) is -0.145. The summed E-state index contributed by atoms with van der Waals surface area (Å²) in [6, 6.07) is 15.0. The molecule has 0 aliphatic carbocycles. The van der Waals surface area contributed by atoms with Crippen LogP contribution in [0.3, 0.4) is 0 Å². The van der Waals surface area contributed by atoms with Crippen molar-refractivity contribution in [3.63, 3.8) is 0 Å². The Labute approximate surface area is 257 Å². The predicted octanol–water partition coefficient (Wildman–Crippen LogP) is 2.23. The molecule has 1 aliphatic heterocycles. The van der Waals surface area contributed by atoms with E-state index in [1.165, 1.54) is 12.1 Å². The van der Waals surface area contributed by atoms with E-state index in [2.05, 4.69) is 16.1 Å². The van der Waals surface area contributed by atoms with Crippen LogP contribution in [0.15, 0.2) is 60.7 Å². The number of hydrogen-bond donors (Lipinski definition) is 4. The van der Waals surface area contributed by atoms with Gasteiger partial charge in [-0.2, -0.15) is 0 Å². The van der Waals surface area contributed by atoms with Gasteiger partial charge in [0.1, 0.15) is 30.8 Å². The molecule has 3 aromatic carbocycles. The maximum atomic E-state index is 13.2. The van der Waals surface area contributed by atoms with Gasteiger partial charge in [0.05, 0.1) is 38.0 Å². The number of benzene rings is 3. The van der Waals surface area contributed by atoms with Crippen LogP contribution >= 0.6 is 11.6 Å². The minimum absolute atomic E-state index is 0.0196. The largest absolute Gasteiger partial charge is 0.497 e. The third-order valence-corrected chi connectivity index (χ3v) is 6.89. The van der Waals surface area contributed by atoms with Gasteiger partial charge < -0.3 is 34.7 Å². The Morgan fingerprint density at radius 2 is 1.52 bits per heavy atom. The van der Waals surface area contributed by atoms with Crippen molar-refractivity contribution < 1.29 is 43.2 Å². The molecule has 0 aromatic heterocycles. The van der Waals surface area contributed by atoms with E-state index in [0.717, 1.165) is 16.1 Å². The maximum Gasteiger partial charge on any atom is 0.336 e. The Balaban J connectivity index is 1.53. The van der Waals surface area contributed by atoms with E-state index in [0.29, 0.717) is 18.0 Å². The van der Waals surface area contributed by atoms with E-state index in [4.69, 9.17) is 30.5 Å². The number of aliphatic hydroxyl groups excluding tert-OH is 1. The second-order valence-electron chi connectivity index (χ2n) is 9.43. The van der Waals surface area contributed by atoms with Crippen molar-refractivity contribution in [3.8, 4) is 23.0 Å². The molecule has 44 heavy (non-hydrogen) atoms. The number of hydrogen-bond acceptors (Lipinski definition) is 9. The lowest BCUT2D eigenvalue weighted by Crippen LogP contribution is -2.55. The van der Waals surface area contributed by atoms with Gasteiger partial charge in [-0.15, -0.1) is 0 Å². The van der Waals surface area contributed by atoms with Gasteiger partial charge in [-0.05, 0) is 47.5 Å². The first-order valence-electron chi connectivity index (χ1n) is 13.4. The Morgan fingerprint density at radius 3 is 2.05 bits per heavy atom. The zero-order chi connectivity index (χ0) is 31.6. The van der Waals surface area contributed by atoms with Crippen molar-refractivity contribution in [1.82, 2.24) is 21.1 Å². The SMILES string of the molecule is COc1ccc(COc2ccc(C(=O)C(=O)NC(CO)C(=O)NN3CCNC3=O)c(Cl)c2OCc2ccc(OC)cc2)cc1. The standard InChI is InChI=1S/C30H31ClN4O9/c1-41-20-7-3-18(4-8-20)16-43-24-12-11-22(25(31)27(24)44-17-19-5-9-21(42-2)10-6-19)26(37)29(39)33-23(15-36)28(38)34-35-14-13-32-30(35)40/h3-12,23,36H,13-17H2,1-2H3,(H,32,40)(H,33,39)(H,34,38). The molecule has 0 bridgehead atoms. The van der Waals surface area contributed by atoms with Gasteiger partial charge in [-0.3, -0.25) is 19.8 Å². The summed E-state index contributed by atoms with van der Waals surface area (Å²) in [5.41, 5.74) is 3.65. The maximum absolute atomic E-state index is 13.2. The molecule has 1 unspecified atom stereocenters. The van der Waals surface area contributed by atoms with Crippen molar-refractivity contribution in [2.24, 2.45) is 0 Å². The predicted molar refractivity (Wildman–Crippen MR) is 158 cm³/mol. The van der Waals surface area contributed by atoms with E-state index < -0.39 is 36.3 Å². The molecule has 13 nitrogen and oxygen atoms in total. The Hall–Kier alpha value is -5.01. The van der Waals surface area contributed by atoms with Crippen molar-refractivity contribution in [2.45, 2.75) is 19.3 Å². The van der Waals surface area contributed by atoms with E-state index in [1.807, 2.05) is 12.1 Å². The lowest BCUT2D eigenvalue weighted by Gasteiger charge is -2.21. The van der Waals surface area contributed by atoms with Gasteiger partial charge >= 0.3 is 6.03 Å². The average Bonchev–Trinajstić information content (AvgIpc) is 3.45. The van der Waals surface area contributed by atoms with E-state index in [-0.39, 0.29) is 41.8 Å². The second-order valence-corrected chi connectivity index (χ2v) is 9.80. The minimum atomic E-state index is -1.52. The van der Waals surface area contributed by atoms with Crippen LogP contribution in [0.2, 0.25) is 5.02 Å². The highest BCUT2D eigenvalue weighted by molar-refractivity contribution is 6.47. The van der Waals surface area contributed by atoms with Gasteiger partial charge in [0, 0.05) is 6.54 Å². The third-order valence-electron chi connectivity index (χ3n) is 6.51. The van der Waals surface area contributed by atoms with Crippen LogP contribution < -0.4 is 35.0 Å². The molecule has 0 saturated carbocycles. The van der Waals surface area contributed by atoms with E-state index in [9.17, 15) is 24.3 Å². The van der Waals surface area contributed by atoms with Gasteiger partial charge in [0.25, 0.3) is 17.6 Å². The number of methoxy groups -OCH3 is 2. The first-order valence-corrected chi connectivity index (χ1v) is 13.8. The molecule has 1 atom stereocenters. The molecular formula is C30H31ClN4O9. The number of ketones is 1. The second kappa shape index (κ2) is 14.9. The topological polar surface area (TPSA) is 165 Å². The summed E-state index contributed by atoms with van der Waals surface area (Å²) in [5.74, 6) is -1.60. The number of nitrogens with one attached hydrogen (secondary N) is 3. The normalized spacial score (nSPS) is 13.0. The van der Waals surface area contributed by atoms with Gasteiger partial charge in [0.15, 0.2) is 11.5 Å². The van der Waals surface area contributed by atoms with Crippen molar-refractivity contribution in [2.75, 3.05) is 33.9 Å². The Morgan fingerprint density at radius 1 is 0.932 bits per heavy atom. The summed E-state index contributed by atoms with van der Waals surface area (Å²) < 4.78 is 22.3. The summed E-state index contributed by atoms with van der Waals surface area (Å²) in [4.78, 5) is 50.3. The monoisotopic (exact) mass is 626 g/mol. The molecule has 0 spiro atoms. The molecule has 1 fully saturated rings. The van der Waals surface area contributed by atoms with Crippen LogP contribution in [0, 0.1) is 0 Å². The van der Waals surface area contributed by atoms with Crippen LogP contribution in [0.25, 0.3) is 0 Å². The number of halogens is 1. The minimum Gasteiger partial charge on any atom is -0.497 e. The van der Waals surface area contributed by atoms with E-state index in [1.54, 1.807) is 50.6 Å². The van der Waals surface area contributed by atoms with Crippen LogP contribution in [0.5, 0.6) is 23.0 Å². The fourth-order valence-electron chi connectivity index (χ4n) is 4.05. The number of carbonyl (C=O) groups excluding carboxylic acids is 4. The highest BCUT2D eigenvalue weighted by atomic mass is 35.5. The fourth-order valence-corrected chi connectivity index (χ4v) is 4.35. The number of urea groups is 1. The number of nitrogens with zero attached hydrogens (tertiary/aromatic N) is 1. The summed E-state index contributed by atoms with van der Waals surface area (Å²) in [6.07, 6.45) is 0. The molecule has 1 heterocycles. The summed E-state index contributed by atoms with van der Waals surface area (Å²) >= 11 is 6.63. The Bertz CT molecular complexity index is 1500. The summed E-state index contributed by atoms with van der Waals surface area (Å²) in [5, 5.41) is 15.2. The summed E-state index contributed by atoms with van der Waals surface area (Å²) in [7, 11) is 3.12. The van der Waals surface area contributed by atoms with Crippen LogP contribution in [0.4, 0.5) is 4.79 Å². The number of amides is 4. The third kappa shape index (κ3) is 7.88. The molecule has 4 amide bonds. The highest BCUT2D eigenvalue weighted by Crippen LogP contribution is 2.39. The number of ether oxygens (including phenoxy) is 4. The fraction of sp³-hybridized carbons (Fsp3) is 0.267. The van der Waals surface area contributed by atoms with Gasteiger partial charge in [-0.25, -0.2) is 9.80 Å². The number of aliphatic hydroxyl groups is 1. The molecule has 1 saturated heterocycles. The number of Topliss-reactive ketones (excluding diaryl/α,β-unsaturated/α-hetero) is 1. The molecule has 14 heteroatoms. The molecular weight excluding hydrogens is 596 g/mol. The average molecular weight is 627 g/mol.